The Morgan fingerprint density at radius 3 is 2.95 bits per heavy atom. The van der Waals surface area contributed by atoms with Crippen LogP contribution in [0.5, 0.6) is 0 Å². The van der Waals surface area contributed by atoms with Gasteiger partial charge in [-0.3, -0.25) is 0 Å². The second-order valence-electron chi connectivity index (χ2n) is 5.09. The molecule has 2 aromatic rings. The number of aromatic nitrogens is 3. The van der Waals surface area contributed by atoms with Crippen LogP contribution in [-0.2, 0) is 0 Å². The molecule has 0 spiro atoms. The minimum Gasteiger partial charge on any atom is -0.348 e. The number of hydrogen-bond acceptors (Lipinski definition) is 6. The zero-order chi connectivity index (χ0) is 13.9. The van der Waals surface area contributed by atoms with E-state index in [0.717, 1.165) is 35.8 Å². The first-order valence-corrected chi connectivity index (χ1v) is 7.69. The highest BCUT2D eigenvalue weighted by molar-refractivity contribution is 7.22. The number of nitrogens with zero attached hydrogens (tertiary/aromatic N) is 5. The molecule has 108 valence electrons. The molecule has 7 heteroatoms. The van der Waals surface area contributed by atoms with Crippen LogP contribution < -0.4 is 4.90 Å². The predicted molar refractivity (Wildman–Crippen MR) is 79.1 cm³/mol. The van der Waals surface area contributed by atoms with E-state index in [2.05, 4.69) is 32.0 Å². The zero-order valence-electron chi connectivity index (χ0n) is 11.5. The fourth-order valence-electron chi connectivity index (χ4n) is 2.64. The van der Waals surface area contributed by atoms with Crippen LogP contribution in [-0.4, -0.2) is 59.5 Å². The Morgan fingerprint density at radius 2 is 2.25 bits per heavy atom. The van der Waals surface area contributed by atoms with Gasteiger partial charge in [0.25, 0.3) is 0 Å². The molecule has 3 heterocycles. The molecule has 1 aliphatic rings. The second-order valence-corrected chi connectivity index (χ2v) is 6.10. The van der Waals surface area contributed by atoms with Crippen molar-refractivity contribution in [2.45, 2.75) is 18.9 Å². The highest BCUT2D eigenvalue weighted by atomic mass is 32.1. The molecular formula is C13H18FN5S. The summed E-state index contributed by atoms with van der Waals surface area (Å²) >= 11 is 1.65. The van der Waals surface area contributed by atoms with E-state index in [1.807, 2.05) is 6.07 Å². The summed E-state index contributed by atoms with van der Waals surface area (Å²) in [5, 5.41) is 8.89. The smallest absolute Gasteiger partial charge is 0.194 e. The van der Waals surface area contributed by atoms with Crippen molar-refractivity contribution in [3.05, 3.63) is 12.3 Å². The van der Waals surface area contributed by atoms with Crippen LogP contribution in [0.15, 0.2) is 12.3 Å². The van der Waals surface area contributed by atoms with Crippen molar-refractivity contribution < 1.29 is 4.39 Å². The summed E-state index contributed by atoms with van der Waals surface area (Å²) in [6.45, 7) is 2.23. The van der Waals surface area contributed by atoms with E-state index in [9.17, 15) is 4.39 Å². The molecule has 2 aromatic heterocycles. The summed E-state index contributed by atoms with van der Waals surface area (Å²) < 4.78 is 13.4. The Morgan fingerprint density at radius 1 is 1.45 bits per heavy atom. The van der Waals surface area contributed by atoms with E-state index >= 15 is 0 Å². The lowest BCUT2D eigenvalue weighted by Crippen LogP contribution is -2.44. The van der Waals surface area contributed by atoms with Gasteiger partial charge in [-0.1, -0.05) is 11.3 Å². The first kappa shape index (κ1) is 13.6. The van der Waals surface area contributed by atoms with Crippen molar-refractivity contribution in [2.24, 2.45) is 0 Å². The quantitative estimate of drug-likeness (QED) is 0.863. The van der Waals surface area contributed by atoms with Gasteiger partial charge in [0.1, 0.15) is 6.67 Å². The Kier molecular flexibility index (Phi) is 4.07. The number of piperidine rings is 1. The Hall–Kier alpha value is -1.34. The van der Waals surface area contributed by atoms with E-state index < -0.39 is 0 Å². The Bertz CT molecular complexity index is 534. The van der Waals surface area contributed by atoms with Crippen LogP contribution in [0.2, 0.25) is 0 Å². The molecule has 1 saturated heterocycles. The zero-order valence-corrected chi connectivity index (χ0v) is 12.3. The number of alkyl halides is 1. The molecule has 0 aromatic carbocycles. The maximum Gasteiger partial charge on any atom is 0.194 e. The fraction of sp³-hybridized carbons (Fsp3) is 0.615. The number of anilines is 1. The first-order chi connectivity index (χ1) is 9.78. The van der Waals surface area contributed by atoms with Gasteiger partial charge in [-0.15, -0.1) is 5.10 Å². The van der Waals surface area contributed by atoms with E-state index in [1.54, 1.807) is 17.5 Å². The topological polar surface area (TPSA) is 45.2 Å². The van der Waals surface area contributed by atoms with Crippen molar-refractivity contribution in [2.75, 3.05) is 38.3 Å². The third-order valence-corrected chi connectivity index (χ3v) is 4.98. The van der Waals surface area contributed by atoms with Gasteiger partial charge in [0.05, 0.1) is 10.9 Å². The largest absolute Gasteiger partial charge is 0.348 e. The van der Waals surface area contributed by atoms with Gasteiger partial charge in [0.15, 0.2) is 10.8 Å². The molecule has 3 rings (SSSR count). The highest BCUT2D eigenvalue weighted by Crippen LogP contribution is 2.29. The Labute approximate surface area is 121 Å². The van der Waals surface area contributed by atoms with Crippen molar-refractivity contribution >= 4 is 26.8 Å². The number of hydrogen-bond donors (Lipinski definition) is 0. The highest BCUT2D eigenvalue weighted by Gasteiger charge is 2.24. The van der Waals surface area contributed by atoms with Crippen molar-refractivity contribution in [1.82, 2.24) is 20.1 Å². The first-order valence-electron chi connectivity index (χ1n) is 6.87. The van der Waals surface area contributed by atoms with Crippen LogP contribution in [0.3, 0.4) is 0 Å². The van der Waals surface area contributed by atoms with Gasteiger partial charge >= 0.3 is 0 Å². The monoisotopic (exact) mass is 295 g/mol. The molecule has 20 heavy (non-hydrogen) atoms. The van der Waals surface area contributed by atoms with E-state index in [-0.39, 0.29) is 6.67 Å². The summed E-state index contributed by atoms with van der Waals surface area (Å²) in [4.78, 5) is 8.96. The summed E-state index contributed by atoms with van der Waals surface area (Å²) in [6, 6.07) is 2.42. The molecule has 1 fully saturated rings. The number of halogens is 1. The van der Waals surface area contributed by atoms with Crippen LogP contribution in [0.25, 0.3) is 10.3 Å². The SMILES string of the molecule is CN(c1nc2nnccc2s1)C1CCN(CCF)CC1. The van der Waals surface area contributed by atoms with Crippen molar-refractivity contribution in [3.8, 4) is 0 Å². The number of rotatable bonds is 4. The lowest BCUT2D eigenvalue weighted by molar-refractivity contribution is 0.196. The molecule has 0 aliphatic carbocycles. The van der Waals surface area contributed by atoms with Gasteiger partial charge in [-0.2, -0.15) is 10.1 Å². The summed E-state index contributed by atoms with van der Waals surface area (Å²) in [7, 11) is 2.08. The number of likely N-dealkylation sites (tertiary alicyclic amines) is 1. The normalized spacial score (nSPS) is 17.7. The Balaban J connectivity index is 1.68. The summed E-state index contributed by atoms with van der Waals surface area (Å²) in [5.74, 6) is 0. The van der Waals surface area contributed by atoms with Crippen molar-refractivity contribution in [3.63, 3.8) is 0 Å². The predicted octanol–water partition coefficient (Wildman–Crippen LogP) is 1.96. The van der Waals surface area contributed by atoms with E-state index in [1.165, 1.54) is 0 Å². The van der Waals surface area contributed by atoms with Gasteiger partial charge in [-0.05, 0) is 18.9 Å². The molecule has 0 unspecified atom stereocenters. The molecule has 5 nitrogen and oxygen atoms in total. The van der Waals surface area contributed by atoms with Gasteiger partial charge in [0, 0.05) is 32.7 Å². The standard InChI is InChI=1S/C13H18FN5S/c1-18(10-3-7-19(8-4-10)9-5-14)13-16-12-11(20-13)2-6-15-17-12/h2,6,10H,3-5,7-9H2,1H3. The van der Waals surface area contributed by atoms with E-state index in [4.69, 9.17) is 0 Å². The lowest BCUT2D eigenvalue weighted by atomic mass is 10.0. The molecule has 0 bridgehead atoms. The van der Waals surface area contributed by atoms with Gasteiger partial charge in [0.2, 0.25) is 0 Å². The molecule has 0 saturated carbocycles. The van der Waals surface area contributed by atoms with Crippen molar-refractivity contribution in [1.29, 1.82) is 0 Å². The fourth-order valence-corrected chi connectivity index (χ4v) is 3.57. The summed E-state index contributed by atoms with van der Waals surface area (Å²) in [6.07, 6.45) is 3.80. The maximum atomic E-state index is 12.3. The van der Waals surface area contributed by atoms with Crippen LogP contribution >= 0.6 is 11.3 Å². The van der Waals surface area contributed by atoms with Gasteiger partial charge in [-0.25, -0.2) is 4.39 Å². The molecule has 1 aliphatic heterocycles. The third-order valence-electron chi connectivity index (χ3n) is 3.88. The maximum absolute atomic E-state index is 12.3. The number of thiazole rings is 1. The van der Waals surface area contributed by atoms with Crippen LogP contribution in [0, 0.1) is 0 Å². The minimum absolute atomic E-state index is 0.253. The molecular weight excluding hydrogens is 277 g/mol. The average Bonchev–Trinajstić information content (AvgIpc) is 2.91. The van der Waals surface area contributed by atoms with E-state index in [0.29, 0.717) is 18.2 Å². The minimum atomic E-state index is -0.253. The molecule has 0 amide bonds. The van der Waals surface area contributed by atoms with Crippen LogP contribution in [0.4, 0.5) is 9.52 Å². The summed E-state index contributed by atoms with van der Waals surface area (Å²) in [5.41, 5.74) is 0.717. The third kappa shape index (κ3) is 2.73. The number of fused-ring (bicyclic) bond motifs is 1. The molecule has 0 radical (unpaired) electrons. The lowest BCUT2D eigenvalue weighted by Gasteiger charge is -2.36. The van der Waals surface area contributed by atoms with Crippen LogP contribution in [0.1, 0.15) is 12.8 Å². The molecule has 0 N–H and O–H groups in total. The molecule has 0 atom stereocenters. The second kappa shape index (κ2) is 5.97. The van der Waals surface area contributed by atoms with Gasteiger partial charge < -0.3 is 9.80 Å². The average molecular weight is 295 g/mol.